The van der Waals surface area contributed by atoms with Crippen molar-refractivity contribution in [2.24, 2.45) is 0 Å². The Hall–Kier alpha value is -0.470. The summed E-state index contributed by atoms with van der Waals surface area (Å²) < 4.78 is 5.60. The maximum atomic E-state index is 8.66. The smallest absolute Gasteiger partial charge is 0.0771 e. The summed E-state index contributed by atoms with van der Waals surface area (Å²) in [5, 5.41) is 8.66. The molecule has 0 spiro atoms. The number of rotatable bonds is 5. The van der Waals surface area contributed by atoms with Crippen LogP contribution in [0.1, 0.15) is 29.0 Å². The van der Waals surface area contributed by atoms with Crippen molar-refractivity contribution in [3.05, 3.63) is 21.9 Å². The van der Waals surface area contributed by atoms with Crippen molar-refractivity contribution >= 4 is 23.1 Å². The van der Waals surface area contributed by atoms with Gasteiger partial charge in [-0.2, -0.15) is 11.8 Å². The maximum Gasteiger partial charge on any atom is 0.0771 e. The number of thiophene rings is 1. The molecule has 0 amide bonds. The van der Waals surface area contributed by atoms with Crippen molar-refractivity contribution in [3.63, 3.8) is 0 Å². The molecule has 2 heterocycles. The second-order valence-electron chi connectivity index (χ2n) is 4.19. The second kappa shape index (κ2) is 7.85. The van der Waals surface area contributed by atoms with E-state index in [1.54, 1.807) is 11.3 Å². The molecule has 1 unspecified atom stereocenters. The summed E-state index contributed by atoms with van der Waals surface area (Å²) in [7, 11) is 0. The molecule has 2 rings (SSSR count). The Morgan fingerprint density at radius 1 is 1.50 bits per heavy atom. The van der Waals surface area contributed by atoms with Crippen molar-refractivity contribution in [2.75, 3.05) is 19.0 Å². The lowest BCUT2D eigenvalue weighted by molar-refractivity contribution is 0.129. The van der Waals surface area contributed by atoms with Gasteiger partial charge < -0.3 is 9.84 Å². The highest BCUT2D eigenvalue weighted by Crippen LogP contribution is 2.24. The topological polar surface area (TPSA) is 29.5 Å². The molecule has 1 aromatic heterocycles. The van der Waals surface area contributed by atoms with Crippen molar-refractivity contribution in [3.8, 4) is 11.8 Å². The zero-order valence-corrected chi connectivity index (χ0v) is 12.0. The third-order valence-electron chi connectivity index (χ3n) is 2.68. The summed E-state index contributed by atoms with van der Waals surface area (Å²) in [5.74, 6) is 8.17. The van der Waals surface area contributed by atoms with E-state index < -0.39 is 0 Å². The van der Waals surface area contributed by atoms with E-state index >= 15 is 0 Å². The lowest BCUT2D eigenvalue weighted by atomic mass is 10.3. The SMILES string of the molecule is OCCC#Cc1ccc(CSCC2CCCO2)s1. The molecule has 0 saturated carbocycles. The van der Waals surface area contributed by atoms with E-state index in [1.165, 1.54) is 17.7 Å². The van der Waals surface area contributed by atoms with Gasteiger partial charge in [-0.3, -0.25) is 0 Å². The highest BCUT2D eigenvalue weighted by Gasteiger charge is 2.15. The molecule has 0 radical (unpaired) electrons. The molecule has 1 fully saturated rings. The lowest BCUT2D eigenvalue weighted by Crippen LogP contribution is -2.07. The predicted octanol–water partition coefficient (Wildman–Crippen LogP) is 2.89. The highest BCUT2D eigenvalue weighted by atomic mass is 32.2. The minimum Gasteiger partial charge on any atom is -0.395 e. The minimum atomic E-state index is 0.141. The molecule has 1 aliphatic heterocycles. The van der Waals surface area contributed by atoms with Crippen LogP contribution in [-0.2, 0) is 10.5 Å². The van der Waals surface area contributed by atoms with Gasteiger partial charge >= 0.3 is 0 Å². The van der Waals surface area contributed by atoms with Gasteiger partial charge in [-0.25, -0.2) is 0 Å². The summed E-state index contributed by atoms with van der Waals surface area (Å²) in [6.07, 6.45) is 3.46. The summed E-state index contributed by atoms with van der Waals surface area (Å²) >= 11 is 3.69. The van der Waals surface area contributed by atoms with Gasteiger partial charge in [0.2, 0.25) is 0 Å². The van der Waals surface area contributed by atoms with Gasteiger partial charge in [-0.05, 0) is 25.0 Å². The van der Waals surface area contributed by atoms with Crippen LogP contribution in [0, 0.1) is 11.8 Å². The molecule has 18 heavy (non-hydrogen) atoms. The number of hydrogen-bond donors (Lipinski definition) is 1. The molecule has 2 nitrogen and oxygen atoms in total. The van der Waals surface area contributed by atoms with E-state index in [0.717, 1.165) is 23.0 Å². The van der Waals surface area contributed by atoms with Gasteiger partial charge in [0.25, 0.3) is 0 Å². The van der Waals surface area contributed by atoms with Crippen LogP contribution in [0.25, 0.3) is 0 Å². The monoisotopic (exact) mass is 282 g/mol. The molecule has 0 bridgehead atoms. The van der Waals surface area contributed by atoms with Crippen molar-refractivity contribution in [2.45, 2.75) is 31.1 Å². The molecule has 1 aliphatic rings. The molecule has 98 valence electrons. The van der Waals surface area contributed by atoms with Crippen molar-refractivity contribution < 1.29 is 9.84 Å². The van der Waals surface area contributed by atoms with Gasteiger partial charge in [0, 0.05) is 29.4 Å². The van der Waals surface area contributed by atoms with Crippen molar-refractivity contribution in [1.82, 2.24) is 0 Å². The molecular weight excluding hydrogens is 264 g/mol. The number of hydrogen-bond acceptors (Lipinski definition) is 4. The van der Waals surface area contributed by atoms with Crippen molar-refractivity contribution in [1.29, 1.82) is 0 Å². The average Bonchev–Trinajstić information content (AvgIpc) is 3.01. The van der Waals surface area contributed by atoms with Crippen LogP contribution in [0.3, 0.4) is 0 Å². The van der Waals surface area contributed by atoms with Crippen LogP contribution in [0.4, 0.5) is 0 Å². The normalized spacial score (nSPS) is 18.6. The summed E-state index contributed by atoms with van der Waals surface area (Å²) in [6.45, 7) is 1.08. The molecular formula is C14H18O2S2. The first-order chi connectivity index (χ1) is 8.88. The first-order valence-electron chi connectivity index (χ1n) is 6.26. The van der Waals surface area contributed by atoms with Crippen LogP contribution < -0.4 is 0 Å². The first kappa shape index (κ1) is 14.0. The molecule has 1 atom stereocenters. The lowest BCUT2D eigenvalue weighted by Gasteiger charge is -2.07. The van der Waals surface area contributed by atoms with Gasteiger partial charge in [-0.1, -0.05) is 11.8 Å². The van der Waals surface area contributed by atoms with Gasteiger partial charge in [0.05, 0.1) is 17.6 Å². The van der Waals surface area contributed by atoms with Gasteiger partial charge in [-0.15, -0.1) is 11.3 Å². The third-order valence-corrected chi connectivity index (χ3v) is 4.99. The standard InChI is InChI=1S/C14H18O2S2/c15-8-2-1-5-13-6-7-14(18-13)11-17-10-12-4-3-9-16-12/h6-7,12,15H,2-4,8-11H2. The number of aliphatic hydroxyl groups is 1. The van der Waals surface area contributed by atoms with Gasteiger partial charge in [0.15, 0.2) is 0 Å². The van der Waals surface area contributed by atoms with Crippen LogP contribution in [0.5, 0.6) is 0 Å². The van der Waals surface area contributed by atoms with E-state index in [0.29, 0.717) is 12.5 Å². The van der Waals surface area contributed by atoms with Crippen LogP contribution in [0.15, 0.2) is 12.1 Å². The molecule has 1 N–H and O–H groups in total. The quantitative estimate of drug-likeness (QED) is 0.842. The molecule has 1 aromatic rings. The van der Waals surface area contributed by atoms with E-state index in [1.807, 2.05) is 11.8 Å². The summed E-state index contributed by atoms with van der Waals surface area (Å²) in [4.78, 5) is 2.46. The van der Waals surface area contributed by atoms with Crippen LogP contribution in [0.2, 0.25) is 0 Å². The average molecular weight is 282 g/mol. The maximum absolute atomic E-state index is 8.66. The van der Waals surface area contributed by atoms with Crippen LogP contribution in [-0.4, -0.2) is 30.2 Å². The number of ether oxygens (including phenoxy) is 1. The van der Waals surface area contributed by atoms with Gasteiger partial charge in [0.1, 0.15) is 0 Å². The summed E-state index contributed by atoms with van der Waals surface area (Å²) in [6, 6.07) is 4.22. The van der Waals surface area contributed by atoms with E-state index in [4.69, 9.17) is 9.84 Å². The third kappa shape index (κ3) is 4.66. The largest absolute Gasteiger partial charge is 0.395 e. The number of aliphatic hydroxyl groups excluding tert-OH is 1. The zero-order chi connectivity index (χ0) is 12.6. The van der Waals surface area contributed by atoms with E-state index in [2.05, 4.69) is 24.0 Å². The minimum absolute atomic E-state index is 0.141. The molecule has 1 saturated heterocycles. The number of thioether (sulfide) groups is 1. The Morgan fingerprint density at radius 3 is 3.22 bits per heavy atom. The highest BCUT2D eigenvalue weighted by molar-refractivity contribution is 7.98. The van der Waals surface area contributed by atoms with E-state index in [9.17, 15) is 0 Å². The summed E-state index contributed by atoms with van der Waals surface area (Å²) in [5.41, 5.74) is 0. The molecule has 4 heteroatoms. The molecule has 0 aromatic carbocycles. The first-order valence-corrected chi connectivity index (χ1v) is 8.23. The fourth-order valence-electron chi connectivity index (χ4n) is 1.79. The second-order valence-corrected chi connectivity index (χ2v) is 6.39. The predicted molar refractivity (Wildman–Crippen MR) is 78.0 cm³/mol. The molecule has 0 aliphatic carbocycles. The Morgan fingerprint density at radius 2 is 2.44 bits per heavy atom. The Balaban J connectivity index is 1.71. The zero-order valence-electron chi connectivity index (χ0n) is 10.4. The van der Waals surface area contributed by atoms with Crippen LogP contribution >= 0.6 is 23.1 Å². The Bertz CT molecular complexity index is 411. The van der Waals surface area contributed by atoms with E-state index in [-0.39, 0.29) is 6.61 Å². The Kier molecular flexibility index (Phi) is 6.09. The Labute approximate surface area is 117 Å². The fraction of sp³-hybridized carbons (Fsp3) is 0.571. The fourth-order valence-corrected chi connectivity index (χ4v) is 3.90.